The van der Waals surface area contributed by atoms with Gasteiger partial charge in [-0.2, -0.15) is 0 Å². The van der Waals surface area contributed by atoms with Crippen LogP contribution < -0.4 is 11.2 Å². The summed E-state index contributed by atoms with van der Waals surface area (Å²) in [6.07, 6.45) is 3.62. The largest absolute Gasteiger partial charge is 0.386 e. The minimum absolute atomic E-state index is 0.0944. The van der Waals surface area contributed by atoms with Gasteiger partial charge >= 0.3 is 5.69 Å². The van der Waals surface area contributed by atoms with Crippen LogP contribution in [0.5, 0.6) is 0 Å². The van der Waals surface area contributed by atoms with Gasteiger partial charge in [0.05, 0.1) is 29.9 Å². The number of aryl methyl sites for hydroxylation is 2. The summed E-state index contributed by atoms with van der Waals surface area (Å²) in [5.41, 5.74) is 0.0795. The molecule has 0 spiro atoms. The van der Waals surface area contributed by atoms with Gasteiger partial charge in [-0.3, -0.25) is 18.7 Å². The van der Waals surface area contributed by atoms with Crippen LogP contribution in [0.1, 0.15) is 38.6 Å². The summed E-state index contributed by atoms with van der Waals surface area (Å²) in [6.45, 7) is 4.43. The SMILES string of the molecule is CCCc1nc2ccccc2n1CC(=O)N1CC[C@@H](n2cnc3c2c(=O)n(C)c(=O)n3C)[C@](C)(O)C1. The van der Waals surface area contributed by atoms with Crippen molar-refractivity contribution in [2.45, 2.75) is 51.3 Å². The molecule has 4 heterocycles. The first kappa shape index (κ1) is 24.0. The third-order valence-electron chi connectivity index (χ3n) is 7.26. The molecule has 1 saturated heterocycles. The van der Waals surface area contributed by atoms with E-state index >= 15 is 0 Å². The highest BCUT2D eigenvalue weighted by molar-refractivity contribution is 5.81. The van der Waals surface area contributed by atoms with Gasteiger partial charge in [-0.25, -0.2) is 14.8 Å². The predicted octanol–water partition coefficient (Wildman–Crippen LogP) is 0.961. The maximum atomic E-state index is 13.4. The Hall–Kier alpha value is -3.73. The predicted molar refractivity (Wildman–Crippen MR) is 135 cm³/mol. The summed E-state index contributed by atoms with van der Waals surface area (Å²) in [7, 11) is 2.99. The Kier molecular flexibility index (Phi) is 5.82. The van der Waals surface area contributed by atoms with E-state index in [4.69, 9.17) is 4.98 Å². The van der Waals surface area contributed by atoms with E-state index in [-0.39, 0.29) is 30.2 Å². The number of likely N-dealkylation sites (tertiary alicyclic amines) is 1. The number of aromatic nitrogens is 6. The Labute approximate surface area is 207 Å². The summed E-state index contributed by atoms with van der Waals surface area (Å²) < 4.78 is 5.98. The molecule has 0 bridgehead atoms. The average molecular weight is 494 g/mol. The van der Waals surface area contributed by atoms with Crippen LogP contribution in [0.3, 0.4) is 0 Å². The van der Waals surface area contributed by atoms with E-state index in [0.717, 1.165) is 34.3 Å². The Bertz CT molecular complexity index is 1590. The van der Waals surface area contributed by atoms with Crippen molar-refractivity contribution in [3.05, 3.63) is 57.3 Å². The third-order valence-corrected chi connectivity index (χ3v) is 7.26. The van der Waals surface area contributed by atoms with E-state index in [0.29, 0.717) is 13.0 Å². The fourth-order valence-electron chi connectivity index (χ4n) is 5.36. The molecule has 1 aliphatic rings. The molecule has 11 heteroatoms. The monoisotopic (exact) mass is 493 g/mol. The molecule has 2 atom stereocenters. The van der Waals surface area contributed by atoms with E-state index < -0.39 is 22.9 Å². The molecule has 1 N–H and O–H groups in total. The number of benzene rings is 1. The molecule has 36 heavy (non-hydrogen) atoms. The molecule has 0 unspecified atom stereocenters. The molecule has 3 aromatic heterocycles. The summed E-state index contributed by atoms with van der Waals surface area (Å²) in [5, 5.41) is 11.5. The second-order valence-electron chi connectivity index (χ2n) is 9.86. The summed E-state index contributed by atoms with van der Waals surface area (Å²) >= 11 is 0. The van der Waals surface area contributed by atoms with Crippen molar-refractivity contribution in [3.63, 3.8) is 0 Å². The fourth-order valence-corrected chi connectivity index (χ4v) is 5.36. The molecular formula is C25H31N7O4. The topological polar surface area (TPSA) is 120 Å². The van der Waals surface area contributed by atoms with Crippen LogP contribution in [0.15, 0.2) is 40.2 Å². The highest BCUT2D eigenvalue weighted by Crippen LogP contribution is 2.33. The molecule has 4 aromatic rings. The first-order valence-corrected chi connectivity index (χ1v) is 12.2. The van der Waals surface area contributed by atoms with E-state index in [1.165, 1.54) is 17.9 Å². The first-order valence-electron chi connectivity index (χ1n) is 12.2. The molecule has 0 radical (unpaired) electrons. The second-order valence-corrected chi connectivity index (χ2v) is 9.86. The number of nitrogens with zero attached hydrogens (tertiary/aromatic N) is 7. The van der Waals surface area contributed by atoms with Gasteiger partial charge in [0.25, 0.3) is 5.56 Å². The summed E-state index contributed by atoms with van der Waals surface area (Å²) in [5.74, 6) is 0.781. The Morgan fingerprint density at radius 3 is 2.67 bits per heavy atom. The Balaban J connectivity index is 1.42. The molecule has 1 amide bonds. The van der Waals surface area contributed by atoms with Crippen LogP contribution in [-0.2, 0) is 31.9 Å². The number of fused-ring (bicyclic) bond motifs is 2. The number of aliphatic hydroxyl groups is 1. The number of carbonyl (C=O) groups excluding carboxylic acids is 1. The number of amides is 1. The van der Waals surface area contributed by atoms with Gasteiger partial charge in [0.1, 0.15) is 18.0 Å². The zero-order chi connectivity index (χ0) is 25.8. The van der Waals surface area contributed by atoms with Crippen molar-refractivity contribution in [1.29, 1.82) is 0 Å². The zero-order valence-corrected chi connectivity index (χ0v) is 21.0. The lowest BCUT2D eigenvalue weighted by Gasteiger charge is -2.43. The van der Waals surface area contributed by atoms with Gasteiger partial charge in [-0.15, -0.1) is 0 Å². The highest BCUT2D eigenvalue weighted by Gasteiger charge is 2.41. The zero-order valence-electron chi connectivity index (χ0n) is 21.0. The van der Waals surface area contributed by atoms with E-state index in [1.807, 2.05) is 28.8 Å². The van der Waals surface area contributed by atoms with Crippen molar-refractivity contribution >= 4 is 28.1 Å². The molecule has 5 rings (SSSR count). The Morgan fingerprint density at radius 2 is 1.94 bits per heavy atom. The third kappa shape index (κ3) is 3.74. The van der Waals surface area contributed by atoms with Crippen molar-refractivity contribution < 1.29 is 9.90 Å². The lowest BCUT2D eigenvalue weighted by atomic mass is 9.88. The number of β-amino-alcohol motifs (C(OH)–C–C–N with tert-alkyl or cyclic N) is 1. The lowest BCUT2D eigenvalue weighted by molar-refractivity contribution is -0.141. The van der Waals surface area contributed by atoms with Crippen molar-refractivity contribution in [2.24, 2.45) is 14.1 Å². The first-order chi connectivity index (χ1) is 17.1. The second kappa shape index (κ2) is 8.74. The smallest absolute Gasteiger partial charge is 0.332 e. The standard InChI is InChI=1S/C25H31N7O4/c1-5-8-19-27-16-9-6-7-10-17(16)31(19)13-20(33)30-12-11-18(25(2,36)14-30)32-15-26-22-21(32)23(34)29(4)24(35)28(22)3/h6-7,9-10,15,18,36H,5,8,11-14H2,1-4H3/t18-,25-/m1/s1. The van der Waals surface area contributed by atoms with Gasteiger partial charge < -0.3 is 19.1 Å². The van der Waals surface area contributed by atoms with Gasteiger partial charge in [0.15, 0.2) is 11.2 Å². The molecular weight excluding hydrogens is 462 g/mol. The fraction of sp³-hybridized carbons (Fsp3) is 0.480. The number of rotatable bonds is 5. The summed E-state index contributed by atoms with van der Waals surface area (Å²) in [6, 6.07) is 7.30. The van der Waals surface area contributed by atoms with Crippen LogP contribution in [-0.4, -0.2) is 62.8 Å². The molecule has 1 aromatic carbocycles. The summed E-state index contributed by atoms with van der Waals surface area (Å²) in [4.78, 5) is 49.3. The molecule has 0 saturated carbocycles. The van der Waals surface area contributed by atoms with Gasteiger partial charge in [-0.1, -0.05) is 19.1 Å². The maximum Gasteiger partial charge on any atom is 0.332 e. The number of imidazole rings is 2. The normalized spacial score (nSPS) is 20.5. The van der Waals surface area contributed by atoms with Crippen molar-refractivity contribution in [2.75, 3.05) is 13.1 Å². The van der Waals surface area contributed by atoms with Crippen molar-refractivity contribution in [1.82, 2.24) is 33.1 Å². The van der Waals surface area contributed by atoms with Crippen LogP contribution in [0.4, 0.5) is 0 Å². The maximum absolute atomic E-state index is 13.4. The molecule has 1 fully saturated rings. The number of piperidine rings is 1. The van der Waals surface area contributed by atoms with Gasteiger partial charge in [0.2, 0.25) is 5.91 Å². The van der Waals surface area contributed by atoms with Crippen LogP contribution in [0, 0.1) is 0 Å². The van der Waals surface area contributed by atoms with Gasteiger partial charge in [0, 0.05) is 27.1 Å². The average Bonchev–Trinajstić information content (AvgIpc) is 3.43. The number of para-hydroxylation sites is 2. The van der Waals surface area contributed by atoms with E-state index in [2.05, 4.69) is 11.9 Å². The number of carbonyl (C=O) groups is 1. The quantitative estimate of drug-likeness (QED) is 0.442. The van der Waals surface area contributed by atoms with Crippen molar-refractivity contribution in [3.8, 4) is 0 Å². The highest BCUT2D eigenvalue weighted by atomic mass is 16.3. The Morgan fingerprint density at radius 1 is 1.19 bits per heavy atom. The van der Waals surface area contributed by atoms with Gasteiger partial charge in [-0.05, 0) is 31.9 Å². The van der Waals surface area contributed by atoms with E-state index in [9.17, 15) is 19.5 Å². The van der Waals surface area contributed by atoms with Crippen LogP contribution >= 0.6 is 0 Å². The lowest BCUT2D eigenvalue weighted by Crippen LogP contribution is -2.55. The molecule has 11 nitrogen and oxygen atoms in total. The molecule has 1 aliphatic heterocycles. The minimum atomic E-state index is -1.31. The molecule has 0 aliphatic carbocycles. The number of hydrogen-bond donors (Lipinski definition) is 1. The number of hydrogen-bond acceptors (Lipinski definition) is 6. The minimum Gasteiger partial charge on any atom is -0.386 e. The van der Waals surface area contributed by atoms with Crippen LogP contribution in [0.25, 0.3) is 22.2 Å². The van der Waals surface area contributed by atoms with Crippen LogP contribution in [0.2, 0.25) is 0 Å². The molecule has 190 valence electrons. The van der Waals surface area contributed by atoms with E-state index in [1.54, 1.807) is 23.4 Å².